The van der Waals surface area contributed by atoms with Crippen LogP contribution in [0.25, 0.3) is 0 Å². The fourth-order valence-corrected chi connectivity index (χ4v) is 6.41. The molecule has 3 nitrogen and oxygen atoms in total. The van der Waals surface area contributed by atoms with Crippen LogP contribution < -0.4 is 0 Å². The molecule has 0 spiro atoms. The van der Waals surface area contributed by atoms with E-state index in [0.29, 0.717) is 29.6 Å². The highest BCUT2D eigenvalue weighted by molar-refractivity contribution is 5.66. The zero-order valence-corrected chi connectivity index (χ0v) is 16.3. The first-order valence-electron chi connectivity index (χ1n) is 9.93. The molecule has 0 bridgehead atoms. The first-order valence-corrected chi connectivity index (χ1v) is 9.93. The molecule has 0 heterocycles. The van der Waals surface area contributed by atoms with Crippen LogP contribution in [0, 0.1) is 35.0 Å². The molecule has 3 aliphatic rings. The highest BCUT2D eigenvalue weighted by atomic mass is 16.5. The van der Waals surface area contributed by atoms with Crippen molar-refractivity contribution in [1.82, 2.24) is 0 Å². The van der Waals surface area contributed by atoms with Gasteiger partial charge in [-0.15, -0.1) is 0 Å². The molecular formula is C22H34O3. The fraction of sp³-hybridized carbons (Fsp3) is 0.773. The summed E-state index contributed by atoms with van der Waals surface area (Å²) in [5.74, 6) is 2.33. The Morgan fingerprint density at radius 1 is 1.44 bits per heavy atom. The van der Waals surface area contributed by atoms with Crippen molar-refractivity contribution in [1.29, 1.82) is 0 Å². The minimum atomic E-state index is -0.228. The molecule has 0 amide bonds. The van der Waals surface area contributed by atoms with Crippen LogP contribution in [0.5, 0.6) is 0 Å². The van der Waals surface area contributed by atoms with Crippen LogP contribution in [-0.4, -0.2) is 23.8 Å². The summed E-state index contributed by atoms with van der Waals surface area (Å²) >= 11 is 0. The number of hydrogen-bond donors (Lipinski definition) is 1. The largest absolute Gasteiger partial charge is 0.462 e. The topological polar surface area (TPSA) is 46.5 Å². The fourth-order valence-electron chi connectivity index (χ4n) is 6.41. The first kappa shape index (κ1) is 18.7. The molecule has 25 heavy (non-hydrogen) atoms. The molecule has 3 rings (SSSR count). The molecule has 2 saturated carbocycles. The highest BCUT2D eigenvalue weighted by Gasteiger charge is 2.55. The zero-order valence-electron chi connectivity index (χ0n) is 16.3. The van der Waals surface area contributed by atoms with Crippen LogP contribution in [0.15, 0.2) is 23.8 Å². The maximum atomic E-state index is 11.7. The molecule has 0 radical (unpaired) electrons. The average molecular weight is 347 g/mol. The predicted molar refractivity (Wildman–Crippen MR) is 99.9 cm³/mol. The van der Waals surface area contributed by atoms with E-state index in [-0.39, 0.29) is 24.6 Å². The molecular weight excluding hydrogens is 312 g/mol. The number of carbonyl (C=O) groups is 1. The molecule has 0 unspecified atom stereocenters. The second kappa shape index (κ2) is 6.90. The van der Waals surface area contributed by atoms with Gasteiger partial charge in [0.1, 0.15) is 6.10 Å². The van der Waals surface area contributed by atoms with Crippen molar-refractivity contribution in [2.45, 2.75) is 65.9 Å². The standard InChI is InChI=1S/C22H34O3/c1-13(2)18-6-7-19-17-10-16(12-23)11-20(25-15(4)24)21(17)14(3)8-9-22(18,19)5/h10,13,17-21,23H,3,6-9,11-12H2,1-2,4-5H3/t17-,18-,19-,20+,21+,22+/m1/s1. The van der Waals surface area contributed by atoms with Crippen molar-refractivity contribution in [3.63, 3.8) is 0 Å². The minimum Gasteiger partial charge on any atom is -0.462 e. The monoisotopic (exact) mass is 346 g/mol. The van der Waals surface area contributed by atoms with Gasteiger partial charge >= 0.3 is 5.97 Å². The van der Waals surface area contributed by atoms with Crippen molar-refractivity contribution in [2.75, 3.05) is 6.61 Å². The Morgan fingerprint density at radius 3 is 2.76 bits per heavy atom. The van der Waals surface area contributed by atoms with Crippen molar-refractivity contribution in [3.05, 3.63) is 23.8 Å². The summed E-state index contributed by atoms with van der Waals surface area (Å²) in [6.45, 7) is 13.1. The summed E-state index contributed by atoms with van der Waals surface area (Å²) in [6.07, 6.45) is 7.52. The van der Waals surface area contributed by atoms with Gasteiger partial charge in [-0.25, -0.2) is 0 Å². The summed E-state index contributed by atoms with van der Waals surface area (Å²) in [7, 11) is 0. The number of aliphatic hydroxyl groups is 1. The lowest BCUT2D eigenvalue weighted by molar-refractivity contribution is -0.150. The summed E-state index contributed by atoms with van der Waals surface area (Å²) in [5, 5.41) is 9.78. The number of carbonyl (C=O) groups excluding carboxylic acids is 1. The second-order valence-electron chi connectivity index (χ2n) is 9.14. The van der Waals surface area contributed by atoms with Gasteiger partial charge in [-0.2, -0.15) is 0 Å². The average Bonchev–Trinajstić information content (AvgIpc) is 2.84. The molecule has 2 fully saturated rings. The van der Waals surface area contributed by atoms with Crippen LogP contribution >= 0.6 is 0 Å². The Bertz CT molecular complexity index is 576. The van der Waals surface area contributed by atoms with E-state index in [2.05, 4.69) is 33.4 Å². The van der Waals surface area contributed by atoms with E-state index in [9.17, 15) is 9.90 Å². The van der Waals surface area contributed by atoms with Gasteiger partial charge in [0, 0.05) is 19.3 Å². The van der Waals surface area contributed by atoms with Crippen molar-refractivity contribution in [2.24, 2.45) is 35.0 Å². The van der Waals surface area contributed by atoms with E-state index in [1.165, 1.54) is 31.8 Å². The van der Waals surface area contributed by atoms with E-state index in [0.717, 1.165) is 17.9 Å². The normalized spacial score (nSPS) is 41.0. The summed E-state index contributed by atoms with van der Waals surface area (Å²) < 4.78 is 5.72. The third-order valence-corrected chi connectivity index (χ3v) is 7.44. The Hall–Kier alpha value is -1.09. The Labute approximate surface area is 152 Å². The zero-order chi connectivity index (χ0) is 18.4. The molecule has 0 aliphatic heterocycles. The molecule has 6 atom stereocenters. The molecule has 3 heteroatoms. The highest BCUT2D eigenvalue weighted by Crippen LogP contribution is 2.61. The molecule has 0 aromatic carbocycles. The van der Waals surface area contributed by atoms with Gasteiger partial charge in [-0.1, -0.05) is 39.0 Å². The molecule has 0 saturated heterocycles. The van der Waals surface area contributed by atoms with Crippen LogP contribution in [0.2, 0.25) is 0 Å². The van der Waals surface area contributed by atoms with Crippen LogP contribution in [0.1, 0.15) is 59.8 Å². The van der Waals surface area contributed by atoms with E-state index >= 15 is 0 Å². The van der Waals surface area contributed by atoms with Gasteiger partial charge < -0.3 is 9.84 Å². The molecule has 140 valence electrons. The van der Waals surface area contributed by atoms with Gasteiger partial charge in [0.2, 0.25) is 0 Å². The summed E-state index contributed by atoms with van der Waals surface area (Å²) in [6, 6.07) is 0. The van der Waals surface area contributed by atoms with Crippen molar-refractivity contribution >= 4 is 5.97 Å². The number of ether oxygens (including phenoxy) is 1. The number of rotatable bonds is 3. The van der Waals surface area contributed by atoms with Crippen molar-refractivity contribution in [3.8, 4) is 0 Å². The SMILES string of the molecule is C=C1CC[C@@]2(C)[C@@H](C(C)C)CC[C@@H]2[C@H]2C=C(CO)C[C@H](OC(C)=O)[C@@H]12. The minimum absolute atomic E-state index is 0.0600. The van der Waals surface area contributed by atoms with Crippen LogP contribution in [0.4, 0.5) is 0 Å². The predicted octanol–water partition coefficient (Wildman–Crippen LogP) is 4.51. The summed E-state index contributed by atoms with van der Waals surface area (Å²) in [4.78, 5) is 11.7. The number of esters is 1. The molecule has 1 N–H and O–H groups in total. The first-order chi connectivity index (χ1) is 11.8. The maximum absolute atomic E-state index is 11.7. The van der Waals surface area contributed by atoms with Gasteiger partial charge in [0.25, 0.3) is 0 Å². The Morgan fingerprint density at radius 2 is 2.16 bits per heavy atom. The number of hydrogen-bond acceptors (Lipinski definition) is 3. The van der Waals surface area contributed by atoms with E-state index in [1.54, 1.807) is 0 Å². The third-order valence-electron chi connectivity index (χ3n) is 7.44. The van der Waals surface area contributed by atoms with Crippen LogP contribution in [0.3, 0.4) is 0 Å². The number of aliphatic hydroxyl groups excluding tert-OH is 1. The quantitative estimate of drug-likeness (QED) is 0.604. The second-order valence-corrected chi connectivity index (χ2v) is 9.14. The summed E-state index contributed by atoms with van der Waals surface area (Å²) in [5.41, 5.74) is 2.58. The van der Waals surface area contributed by atoms with Gasteiger partial charge in [0.15, 0.2) is 0 Å². The van der Waals surface area contributed by atoms with Crippen molar-refractivity contribution < 1.29 is 14.6 Å². The van der Waals surface area contributed by atoms with Crippen LogP contribution in [-0.2, 0) is 9.53 Å². The van der Waals surface area contributed by atoms with Gasteiger partial charge in [-0.05, 0) is 60.3 Å². The third kappa shape index (κ3) is 3.20. The molecule has 0 aromatic rings. The van der Waals surface area contributed by atoms with Gasteiger partial charge in [0.05, 0.1) is 6.61 Å². The molecule has 3 aliphatic carbocycles. The smallest absolute Gasteiger partial charge is 0.302 e. The lowest BCUT2D eigenvalue weighted by Crippen LogP contribution is -2.41. The van der Waals surface area contributed by atoms with E-state index in [1.807, 2.05) is 0 Å². The molecule has 0 aromatic heterocycles. The Kier molecular flexibility index (Phi) is 5.16. The Balaban J connectivity index is 2.01. The maximum Gasteiger partial charge on any atom is 0.302 e. The number of fused-ring (bicyclic) bond motifs is 3. The van der Waals surface area contributed by atoms with Gasteiger partial charge in [-0.3, -0.25) is 4.79 Å². The lowest BCUT2D eigenvalue weighted by Gasteiger charge is -2.44. The van der Waals surface area contributed by atoms with E-state index < -0.39 is 0 Å². The lowest BCUT2D eigenvalue weighted by atomic mass is 9.62. The van der Waals surface area contributed by atoms with E-state index in [4.69, 9.17) is 4.74 Å². The number of allylic oxidation sites excluding steroid dienone is 1.